The van der Waals surface area contributed by atoms with E-state index in [0.717, 1.165) is 41.7 Å². The van der Waals surface area contributed by atoms with Crippen LogP contribution in [-0.2, 0) is 11.2 Å². The number of carbonyl (C=O) groups excluding carboxylic acids is 1. The van der Waals surface area contributed by atoms with Crippen molar-refractivity contribution < 1.29 is 4.79 Å². The number of amides is 1. The van der Waals surface area contributed by atoms with E-state index in [1.165, 1.54) is 18.5 Å². The van der Waals surface area contributed by atoms with Crippen LogP contribution in [-0.4, -0.2) is 32.1 Å². The number of hydrogen-bond donors (Lipinski definition) is 2. The minimum atomic E-state index is 0.0635. The van der Waals surface area contributed by atoms with Crippen molar-refractivity contribution in [2.24, 2.45) is 5.92 Å². The molecule has 0 saturated carbocycles. The highest BCUT2D eigenvalue weighted by molar-refractivity contribution is 6.30. The smallest absolute Gasteiger partial charge is 0.221 e. The topological polar surface area (TPSA) is 44.4 Å². The van der Waals surface area contributed by atoms with Crippen LogP contribution in [0.2, 0.25) is 5.02 Å². The summed E-state index contributed by atoms with van der Waals surface area (Å²) in [5.74, 6) is 0.905. The van der Waals surface area contributed by atoms with Gasteiger partial charge in [-0.15, -0.1) is 0 Å². The molecule has 0 atom stereocenters. The second kappa shape index (κ2) is 10.4. The fourth-order valence-corrected chi connectivity index (χ4v) is 3.72. The summed E-state index contributed by atoms with van der Waals surface area (Å²) in [4.78, 5) is 14.4. The molecule has 1 aliphatic rings. The summed E-state index contributed by atoms with van der Waals surface area (Å²) >= 11 is 5.97. The molecule has 1 aliphatic heterocycles. The molecular formula is C23H30ClN3O. The van der Waals surface area contributed by atoms with E-state index in [-0.39, 0.29) is 5.91 Å². The van der Waals surface area contributed by atoms with Gasteiger partial charge in [0.25, 0.3) is 0 Å². The van der Waals surface area contributed by atoms with Crippen LogP contribution >= 0.6 is 11.6 Å². The second-order valence-electron chi connectivity index (χ2n) is 7.62. The monoisotopic (exact) mass is 399 g/mol. The van der Waals surface area contributed by atoms with Crippen LogP contribution in [0.5, 0.6) is 0 Å². The minimum Gasteiger partial charge on any atom is -0.385 e. The zero-order chi connectivity index (χ0) is 19.8. The second-order valence-corrected chi connectivity index (χ2v) is 8.06. The maximum Gasteiger partial charge on any atom is 0.221 e. The fraction of sp³-hybridized carbons (Fsp3) is 0.435. The molecule has 1 amide bonds. The minimum absolute atomic E-state index is 0.0635. The molecule has 150 valence electrons. The van der Waals surface area contributed by atoms with Gasteiger partial charge in [-0.3, -0.25) is 4.79 Å². The summed E-state index contributed by atoms with van der Waals surface area (Å²) in [7, 11) is 0. The average molecular weight is 400 g/mol. The van der Waals surface area contributed by atoms with E-state index >= 15 is 0 Å². The molecule has 4 nitrogen and oxygen atoms in total. The largest absolute Gasteiger partial charge is 0.385 e. The standard InChI is InChI=1S/C23H30ClN3O/c1-18-11-15-27(16-12-18)22-7-5-21(6-8-22)25-14-10-23(28)26-13-9-19-3-2-4-20(24)17-19/h2-8,17-18,25H,9-16H2,1H3,(H,26,28). The molecule has 0 unspecified atom stereocenters. The molecule has 2 aromatic carbocycles. The van der Waals surface area contributed by atoms with Gasteiger partial charge in [-0.25, -0.2) is 0 Å². The highest BCUT2D eigenvalue weighted by atomic mass is 35.5. The molecular weight excluding hydrogens is 370 g/mol. The Hall–Kier alpha value is -2.20. The molecule has 0 aliphatic carbocycles. The number of nitrogens with zero attached hydrogens (tertiary/aromatic N) is 1. The number of benzene rings is 2. The number of rotatable bonds is 8. The van der Waals surface area contributed by atoms with Crippen molar-refractivity contribution in [2.75, 3.05) is 36.4 Å². The molecule has 2 aromatic rings. The van der Waals surface area contributed by atoms with E-state index in [1.54, 1.807) is 0 Å². The molecule has 1 fully saturated rings. The number of halogens is 1. The van der Waals surface area contributed by atoms with Gasteiger partial charge in [0.1, 0.15) is 0 Å². The molecule has 2 N–H and O–H groups in total. The predicted octanol–water partition coefficient (Wildman–Crippen LogP) is 4.74. The maximum absolute atomic E-state index is 12.0. The SMILES string of the molecule is CC1CCN(c2ccc(NCCC(=O)NCCc3cccc(Cl)c3)cc2)CC1. The Morgan fingerprint density at radius 2 is 1.86 bits per heavy atom. The third-order valence-corrected chi connectivity index (χ3v) is 5.56. The van der Waals surface area contributed by atoms with E-state index in [1.807, 2.05) is 24.3 Å². The Balaban J connectivity index is 1.33. The van der Waals surface area contributed by atoms with Crippen LogP contribution in [0.25, 0.3) is 0 Å². The van der Waals surface area contributed by atoms with Crippen molar-refractivity contribution in [3.8, 4) is 0 Å². The van der Waals surface area contributed by atoms with E-state index < -0.39 is 0 Å². The van der Waals surface area contributed by atoms with Crippen molar-refractivity contribution in [1.29, 1.82) is 0 Å². The zero-order valence-electron chi connectivity index (χ0n) is 16.6. The molecule has 28 heavy (non-hydrogen) atoms. The lowest BCUT2D eigenvalue weighted by molar-refractivity contribution is -0.120. The number of nitrogens with one attached hydrogen (secondary N) is 2. The highest BCUT2D eigenvalue weighted by Crippen LogP contribution is 2.24. The lowest BCUT2D eigenvalue weighted by atomic mass is 9.99. The molecule has 0 aromatic heterocycles. The van der Waals surface area contributed by atoms with Gasteiger partial charge < -0.3 is 15.5 Å². The Labute approximate surface area is 173 Å². The van der Waals surface area contributed by atoms with Crippen LogP contribution in [0, 0.1) is 5.92 Å². The lowest BCUT2D eigenvalue weighted by Gasteiger charge is -2.32. The Morgan fingerprint density at radius 1 is 1.11 bits per heavy atom. The van der Waals surface area contributed by atoms with Gasteiger partial charge in [0.2, 0.25) is 5.91 Å². The summed E-state index contributed by atoms with van der Waals surface area (Å²) in [6.07, 6.45) is 3.79. The van der Waals surface area contributed by atoms with E-state index in [0.29, 0.717) is 19.5 Å². The Kier molecular flexibility index (Phi) is 7.61. The number of piperidine rings is 1. The molecule has 5 heteroatoms. The quantitative estimate of drug-likeness (QED) is 0.674. The van der Waals surface area contributed by atoms with E-state index in [4.69, 9.17) is 11.6 Å². The fourth-order valence-electron chi connectivity index (χ4n) is 3.50. The van der Waals surface area contributed by atoms with Crippen LogP contribution in [0.1, 0.15) is 31.7 Å². The van der Waals surface area contributed by atoms with Gasteiger partial charge in [-0.05, 0) is 67.1 Å². The highest BCUT2D eigenvalue weighted by Gasteiger charge is 2.15. The van der Waals surface area contributed by atoms with Crippen LogP contribution < -0.4 is 15.5 Å². The normalized spacial score (nSPS) is 14.7. The van der Waals surface area contributed by atoms with E-state index in [9.17, 15) is 4.79 Å². The van der Waals surface area contributed by atoms with Gasteiger partial charge in [-0.2, -0.15) is 0 Å². The molecule has 0 radical (unpaired) electrons. The average Bonchev–Trinajstić information content (AvgIpc) is 2.69. The van der Waals surface area contributed by atoms with Gasteiger partial charge >= 0.3 is 0 Å². The maximum atomic E-state index is 12.0. The van der Waals surface area contributed by atoms with Crippen molar-refractivity contribution in [3.05, 3.63) is 59.1 Å². The van der Waals surface area contributed by atoms with Gasteiger partial charge in [0, 0.05) is 49.0 Å². The summed E-state index contributed by atoms with van der Waals surface area (Å²) < 4.78 is 0. The number of hydrogen-bond acceptors (Lipinski definition) is 3. The van der Waals surface area contributed by atoms with Crippen molar-refractivity contribution in [1.82, 2.24) is 5.32 Å². The van der Waals surface area contributed by atoms with Crippen molar-refractivity contribution in [2.45, 2.75) is 32.6 Å². The van der Waals surface area contributed by atoms with Crippen LogP contribution in [0.3, 0.4) is 0 Å². The summed E-state index contributed by atoms with van der Waals surface area (Å²) in [5.41, 5.74) is 3.48. The summed E-state index contributed by atoms with van der Waals surface area (Å²) in [6, 6.07) is 16.3. The zero-order valence-corrected chi connectivity index (χ0v) is 17.3. The van der Waals surface area contributed by atoms with Gasteiger partial charge in [-0.1, -0.05) is 30.7 Å². The third-order valence-electron chi connectivity index (χ3n) is 5.32. The van der Waals surface area contributed by atoms with Gasteiger partial charge in [0.05, 0.1) is 0 Å². The van der Waals surface area contributed by atoms with Gasteiger partial charge in [0.15, 0.2) is 0 Å². The first-order chi connectivity index (χ1) is 13.6. The first-order valence-corrected chi connectivity index (χ1v) is 10.6. The van der Waals surface area contributed by atoms with Crippen molar-refractivity contribution in [3.63, 3.8) is 0 Å². The van der Waals surface area contributed by atoms with Crippen molar-refractivity contribution >= 4 is 28.9 Å². The van der Waals surface area contributed by atoms with E-state index in [2.05, 4.69) is 46.7 Å². The first kappa shape index (κ1) is 20.5. The molecule has 0 spiro atoms. The predicted molar refractivity (Wildman–Crippen MR) is 118 cm³/mol. The Bertz CT molecular complexity index is 755. The molecule has 0 bridgehead atoms. The molecule has 3 rings (SSSR count). The Morgan fingerprint density at radius 3 is 2.57 bits per heavy atom. The number of anilines is 2. The third kappa shape index (κ3) is 6.45. The number of carbonyl (C=O) groups is 1. The molecule has 1 saturated heterocycles. The first-order valence-electron chi connectivity index (χ1n) is 10.2. The summed E-state index contributed by atoms with van der Waals surface area (Å²) in [6.45, 7) is 5.87. The van der Waals surface area contributed by atoms with Crippen LogP contribution in [0.15, 0.2) is 48.5 Å². The lowest BCUT2D eigenvalue weighted by Crippen LogP contribution is -2.32. The summed E-state index contributed by atoms with van der Waals surface area (Å²) in [5, 5.41) is 7.03. The van der Waals surface area contributed by atoms with Crippen LogP contribution in [0.4, 0.5) is 11.4 Å². The molecule has 1 heterocycles.